The Hall–Kier alpha value is -3.03. The van der Waals surface area contributed by atoms with Gasteiger partial charge in [-0.1, -0.05) is 6.42 Å². The first-order valence-electron chi connectivity index (χ1n) is 9.92. The van der Waals surface area contributed by atoms with Crippen LogP contribution in [0.5, 0.6) is 11.5 Å². The number of carbonyl (C=O) groups is 1. The third kappa shape index (κ3) is 3.66. The van der Waals surface area contributed by atoms with Crippen LogP contribution in [-0.4, -0.2) is 41.1 Å². The maximum atomic E-state index is 13.3. The maximum absolute atomic E-state index is 13.3. The minimum Gasteiger partial charge on any atom is -0.497 e. The van der Waals surface area contributed by atoms with Crippen molar-refractivity contribution in [1.29, 1.82) is 0 Å². The summed E-state index contributed by atoms with van der Waals surface area (Å²) in [5.74, 6) is 1.53. The number of rotatable bonds is 5. The Morgan fingerprint density at radius 1 is 1.17 bits per heavy atom. The Morgan fingerprint density at radius 3 is 2.69 bits per heavy atom. The van der Waals surface area contributed by atoms with Gasteiger partial charge in [-0.3, -0.25) is 0 Å². The van der Waals surface area contributed by atoms with E-state index in [2.05, 4.69) is 15.4 Å². The lowest BCUT2D eigenvalue weighted by molar-refractivity contribution is -0.146. The molecule has 1 aliphatic heterocycles. The summed E-state index contributed by atoms with van der Waals surface area (Å²) in [5, 5.41) is 7.53. The number of benzene rings is 1. The van der Waals surface area contributed by atoms with E-state index in [-0.39, 0.29) is 12.1 Å². The molecule has 0 saturated heterocycles. The molecule has 1 saturated carbocycles. The molecule has 1 N–H and O–H groups in total. The number of aromatic nitrogens is 3. The summed E-state index contributed by atoms with van der Waals surface area (Å²) in [5.41, 5.74) is 1.95. The molecule has 8 nitrogen and oxygen atoms in total. The van der Waals surface area contributed by atoms with E-state index in [9.17, 15) is 4.79 Å². The van der Waals surface area contributed by atoms with Gasteiger partial charge in [0.1, 0.15) is 30.0 Å². The lowest BCUT2D eigenvalue weighted by Gasteiger charge is -2.30. The molecular formula is C21H26N4O4. The van der Waals surface area contributed by atoms with Crippen LogP contribution in [0.1, 0.15) is 50.6 Å². The lowest BCUT2D eigenvalue weighted by atomic mass is 9.94. The quantitative estimate of drug-likeness (QED) is 0.772. The first-order chi connectivity index (χ1) is 14.1. The molecule has 2 aromatic rings. The van der Waals surface area contributed by atoms with E-state index in [1.807, 2.05) is 25.1 Å². The summed E-state index contributed by atoms with van der Waals surface area (Å²) >= 11 is 0. The zero-order chi connectivity index (χ0) is 20.4. The minimum absolute atomic E-state index is 0.0402. The van der Waals surface area contributed by atoms with Gasteiger partial charge < -0.3 is 19.5 Å². The summed E-state index contributed by atoms with van der Waals surface area (Å²) in [6.07, 6.45) is 6.62. The first kappa shape index (κ1) is 19.3. The van der Waals surface area contributed by atoms with E-state index in [4.69, 9.17) is 14.2 Å². The van der Waals surface area contributed by atoms with Crippen molar-refractivity contribution >= 4 is 11.9 Å². The van der Waals surface area contributed by atoms with Crippen LogP contribution in [0.2, 0.25) is 0 Å². The molecule has 4 rings (SSSR count). The van der Waals surface area contributed by atoms with Crippen LogP contribution < -0.4 is 14.8 Å². The molecule has 29 heavy (non-hydrogen) atoms. The third-order valence-electron chi connectivity index (χ3n) is 5.57. The number of carbonyl (C=O) groups excluding carboxylic acids is 1. The van der Waals surface area contributed by atoms with Crippen molar-refractivity contribution in [2.24, 2.45) is 0 Å². The van der Waals surface area contributed by atoms with Gasteiger partial charge in [0, 0.05) is 11.3 Å². The van der Waals surface area contributed by atoms with E-state index >= 15 is 0 Å². The van der Waals surface area contributed by atoms with Gasteiger partial charge in [-0.15, -0.1) is 0 Å². The number of methoxy groups -OCH3 is 2. The molecule has 2 aliphatic rings. The minimum atomic E-state index is -0.533. The van der Waals surface area contributed by atoms with Crippen LogP contribution in [0.25, 0.3) is 0 Å². The normalized spacial score (nSPS) is 19.3. The Balaban J connectivity index is 1.77. The molecular weight excluding hydrogens is 372 g/mol. The number of esters is 1. The molecule has 2 heterocycles. The van der Waals surface area contributed by atoms with Gasteiger partial charge in [-0.25, -0.2) is 9.48 Å². The third-order valence-corrected chi connectivity index (χ3v) is 5.57. The summed E-state index contributed by atoms with van der Waals surface area (Å²) < 4.78 is 18.6. The topological polar surface area (TPSA) is 87.5 Å². The van der Waals surface area contributed by atoms with Gasteiger partial charge in [-0.2, -0.15) is 10.1 Å². The van der Waals surface area contributed by atoms with Crippen molar-refractivity contribution in [3.05, 3.63) is 41.4 Å². The highest BCUT2D eigenvalue weighted by Crippen LogP contribution is 2.41. The zero-order valence-electron chi connectivity index (χ0n) is 17.0. The van der Waals surface area contributed by atoms with E-state index in [1.165, 1.54) is 12.7 Å². The zero-order valence-corrected chi connectivity index (χ0v) is 17.0. The van der Waals surface area contributed by atoms with Crippen molar-refractivity contribution < 1.29 is 19.0 Å². The van der Waals surface area contributed by atoms with Gasteiger partial charge in [0.05, 0.1) is 19.8 Å². The van der Waals surface area contributed by atoms with Crippen molar-refractivity contribution in [1.82, 2.24) is 14.8 Å². The highest BCUT2D eigenvalue weighted by molar-refractivity contribution is 5.92. The van der Waals surface area contributed by atoms with E-state index in [0.717, 1.165) is 31.2 Å². The number of nitrogens with zero attached hydrogens (tertiary/aromatic N) is 3. The number of hydrogen-bond donors (Lipinski definition) is 1. The SMILES string of the molecule is COc1ccc(OC)c([C@H]2C(C(=O)OC3CCCCC3)=C(C)Nc3ncnn32)c1. The van der Waals surface area contributed by atoms with Crippen molar-refractivity contribution in [3.8, 4) is 11.5 Å². The average molecular weight is 398 g/mol. The fourth-order valence-electron chi connectivity index (χ4n) is 4.09. The highest BCUT2D eigenvalue weighted by atomic mass is 16.5. The van der Waals surface area contributed by atoms with Gasteiger partial charge in [0.15, 0.2) is 0 Å². The number of anilines is 1. The van der Waals surface area contributed by atoms with Crippen molar-refractivity contribution in [2.45, 2.75) is 51.2 Å². The second-order valence-electron chi connectivity index (χ2n) is 7.37. The molecule has 0 spiro atoms. The average Bonchev–Trinajstić information content (AvgIpc) is 3.20. The van der Waals surface area contributed by atoms with Crippen LogP contribution in [0.4, 0.5) is 5.95 Å². The number of nitrogens with one attached hydrogen (secondary N) is 1. The summed E-state index contributed by atoms with van der Waals surface area (Å²) in [7, 11) is 3.21. The molecule has 154 valence electrons. The molecule has 1 atom stereocenters. The summed E-state index contributed by atoms with van der Waals surface area (Å²) in [6, 6.07) is 4.98. The monoisotopic (exact) mass is 398 g/mol. The Labute approximate surface area is 169 Å². The predicted molar refractivity (Wildman–Crippen MR) is 107 cm³/mol. The predicted octanol–water partition coefficient (Wildman–Crippen LogP) is 3.46. The molecule has 1 fully saturated rings. The summed E-state index contributed by atoms with van der Waals surface area (Å²) in [4.78, 5) is 17.6. The van der Waals surface area contributed by atoms with Gasteiger partial charge in [0.25, 0.3) is 0 Å². The molecule has 0 bridgehead atoms. The van der Waals surface area contributed by atoms with Gasteiger partial charge >= 0.3 is 5.97 Å². The number of fused-ring (bicyclic) bond motifs is 1. The van der Waals surface area contributed by atoms with E-state index < -0.39 is 6.04 Å². The van der Waals surface area contributed by atoms with Crippen LogP contribution in [0.15, 0.2) is 35.8 Å². The molecule has 0 amide bonds. The van der Waals surface area contributed by atoms with Crippen LogP contribution in [0, 0.1) is 0 Å². The largest absolute Gasteiger partial charge is 0.497 e. The van der Waals surface area contributed by atoms with Gasteiger partial charge in [-0.05, 0) is 50.8 Å². The van der Waals surface area contributed by atoms with Crippen molar-refractivity contribution in [2.75, 3.05) is 19.5 Å². The number of ether oxygens (including phenoxy) is 3. The van der Waals surface area contributed by atoms with Gasteiger partial charge in [0.2, 0.25) is 5.95 Å². The lowest BCUT2D eigenvalue weighted by Crippen LogP contribution is -2.32. The smallest absolute Gasteiger partial charge is 0.338 e. The molecule has 8 heteroatoms. The second-order valence-corrected chi connectivity index (χ2v) is 7.37. The maximum Gasteiger partial charge on any atom is 0.338 e. The molecule has 0 unspecified atom stereocenters. The van der Waals surface area contributed by atoms with Crippen molar-refractivity contribution in [3.63, 3.8) is 0 Å². The standard InChI is InChI=1S/C21H26N4O4/c1-13-18(20(26)29-14-7-5-4-6-8-14)19(25-21(24-13)22-12-23-25)16-11-15(27-2)9-10-17(16)28-3/h9-12,14,19H,4-8H2,1-3H3,(H,22,23,24)/t19-/m0/s1. The highest BCUT2D eigenvalue weighted by Gasteiger charge is 2.37. The van der Waals surface area contributed by atoms with Crippen LogP contribution in [0.3, 0.4) is 0 Å². The fraction of sp³-hybridized carbons (Fsp3) is 0.476. The number of allylic oxidation sites excluding steroid dienone is 1. The van der Waals surface area contributed by atoms with E-state index in [0.29, 0.717) is 28.7 Å². The van der Waals surface area contributed by atoms with E-state index in [1.54, 1.807) is 18.9 Å². The number of hydrogen-bond acceptors (Lipinski definition) is 7. The summed E-state index contributed by atoms with van der Waals surface area (Å²) in [6.45, 7) is 1.86. The Kier molecular flexibility index (Phi) is 5.42. The fourth-order valence-corrected chi connectivity index (χ4v) is 4.09. The second kappa shape index (κ2) is 8.14. The molecule has 1 aromatic heterocycles. The van der Waals surface area contributed by atoms with Crippen LogP contribution >= 0.6 is 0 Å². The molecule has 1 aromatic carbocycles. The Bertz CT molecular complexity index is 931. The first-order valence-corrected chi connectivity index (χ1v) is 9.92. The molecule has 0 radical (unpaired) electrons. The Morgan fingerprint density at radius 2 is 1.97 bits per heavy atom. The van der Waals surface area contributed by atoms with Crippen LogP contribution in [-0.2, 0) is 9.53 Å². The molecule has 1 aliphatic carbocycles.